The van der Waals surface area contributed by atoms with Crippen LogP contribution < -0.4 is 0 Å². The van der Waals surface area contributed by atoms with E-state index in [4.69, 9.17) is 9.68 Å². The van der Waals surface area contributed by atoms with E-state index in [-0.39, 0.29) is 0 Å². The maximum Gasteiger partial charge on any atom is 0.177 e. The monoisotopic (exact) mass is 301 g/mol. The molecule has 0 fully saturated rings. The molecular formula is C13H8BrN3O. The quantitative estimate of drug-likeness (QED) is 0.691. The number of benzene rings is 1. The van der Waals surface area contributed by atoms with Gasteiger partial charge in [0.2, 0.25) is 0 Å². The van der Waals surface area contributed by atoms with Crippen LogP contribution >= 0.6 is 15.9 Å². The molecule has 0 saturated heterocycles. The molecule has 0 aliphatic carbocycles. The molecule has 0 radical (unpaired) electrons. The van der Waals surface area contributed by atoms with E-state index in [0.717, 1.165) is 16.9 Å². The van der Waals surface area contributed by atoms with Crippen molar-refractivity contribution in [3.8, 4) is 17.7 Å². The van der Waals surface area contributed by atoms with E-state index in [1.165, 1.54) is 0 Å². The Morgan fingerprint density at radius 1 is 1.33 bits per heavy atom. The molecule has 0 amide bonds. The van der Waals surface area contributed by atoms with Crippen LogP contribution in [0.2, 0.25) is 0 Å². The van der Waals surface area contributed by atoms with E-state index < -0.39 is 0 Å². The largest absolute Gasteiger partial charge is 0.446 e. The lowest BCUT2D eigenvalue weighted by molar-refractivity contribution is 0.549. The molecule has 0 bridgehead atoms. The molecule has 0 aliphatic rings. The summed E-state index contributed by atoms with van der Waals surface area (Å²) in [6.07, 6.45) is 0. The lowest BCUT2D eigenvalue weighted by Crippen LogP contribution is -1.90. The first-order valence-electron chi connectivity index (χ1n) is 5.31. The predicted octanol–water partition coefficient (Wildman–Crippen LogP) is 3.47. The van der Waals surface area contributed by atoms with E-state index >= 15 is 0 Å². The molecule has 0 aliphatic heterocycles. The Morgan fingerprint density at radius 2 is 2.17 bits per heavy atom. The van der Waals surface area contributed by atoms with Gasteiger partial charge in [-0.2, -0.15) is 5.26 Å². The molecule has 3 rings (SSSR count). The SMILES string of the molecule is Cn1c(-c2ccc(Br)o2)nc2cc(C#N)ccc21. The summed E-state index contributed by atoms with van der Waals surface area (Å²) < 4.78 is 8.12. The molecule has 2 aromatic heterocycles. The highest BCUT2D eigenvalue weighted by Crippen LogP contribution is 2.27. The molecule has 0 atom stereocenters. The Morgan fingerprint density at radius 3 is 2.83 bits per heavy atom. The van der Waals surface area contributed by atoms with Crippen LogP contribution in [0, 0.1) is 11.3 Å². The van der Waals surface area contributed by atoms with Crippen molar-refractivity contribution >= 4 is 27.0 Å². The molecule has 88 valence electrons. The van der Waals surface area contributed by atoms with E-state index in [1.807, 2.05) is 29.8 Å². The summed E-state index contributed by atoms with van der Waals surface area (Å²) in [6.45, 7) is 0. The van der Waals surface area contributed by atoms with Gasteiger partial charge in [0.05, 0.1) is 22.7 Å². The van der Waals surface area contributed by atoms with Crippen molar-refractivity contribution in [2.45, 2.75) is 0 Å². The smallest absolute Gasteiger partial charge is 0.177 e. The van der Waals surface area contributed by atoms with Crippen molar-refractivity contribution in [2.24, 2.45) is 7.05 Å². The third kappa shape index (κ3) is 1.62. The first kappa shape index (κ1) is 11.1. The lowest BCUT2D eigenvalue weighted by atomic mass is 10.2. The van der Waals surface area contributed by atoms with Crippen molar-refractivity contribution in [1.29, 1.82) is 5.26 Å². The number of halogens is 1. The van der Waals surface area contributed by atoms with E-state index in [9.17, 15) is 0 Å². The van der Waals surface area contributed by atoms with Gasteiger partial charge in [0, 0.05) is 7.05 Å². The second-order valence-corrected chi connectivity index (χ2v) is 4.70. The molecule has 0 N–H and O–H groups in total. The van der Waals surface area contributed by atoms with Gasteiger partial charge in [-0.25, -0.2) is 4.98 Å². The number of rotatable bonds is 1. The highest BCUT2D eigenvalue weighted by atomic mass is 79.9. The van der Waals surface area contributed by atoms with E-state index in [2.05, 4.69) is 27.0 Å². The second kappa shape index (κ2) is 4.00. The van der Waals surface area contributed by atoms with Crippen molar-refractivity contribution < 1.29 is 4.42 Å². The molecule has 18 heavy (non-hydrogen) atoms. The number of aryl methyl sites for hydroxylation is 1. The van der Waals surface area contributed by atoms with Crippen LogP contribution in [0.5, 0.6) is 0 Å². The molecule has 0 spiro atoms. The molecule has 3 aromatic rings. The zero-order chi connectivity index (χ0) is 12.7. The Kier molecular flexibility index (Phi) is 2.46. The van der Waals surface area contributed by atoms with Gasteiger partial charge in [-0.1, -0.05) is 0 Å². The van der Waals surface area contributed by atoms with E-state index in [1.54, 1.807) is 12.1 Å². The van der Waals surface area contributed by atoms with Crippen LogP contribution in [0.1, 0.15) is 5.56 Å². The minimum absolute atomic E-state index is 0.604. The molecule has 0 unspecified atom stereocenters. The van der Waals surface area contributed by atoms with Crippen LogP contribution in [0.25, 0.3) is 22.6 Å². The zero-order valence-electron chi connectivity index (χ0n) is 9.51. The normalized spacial score (nSPS) is 10.7. The maximum atomic E-state index is 8.88. The van der Waals surface area contributed by atoms with Crippen molar-refractivity contribution in [1.82, 2.24) is 9.55 Å². The fraction of sp³-hybridized carbons (Fsp3) is 0.0769. The number of nitrogens with zero attached hydrogens (tertiary/aromatic N) is 3. The topological polar surface area (TPSA) is 54.8 Å². The van der Waals surface area contributed by atoms with Gasteiger partial charge < -0.3 is 8.98 Å². The van der Waals surface area contributed by atoms with Crippen molar-refractivity contribution in [3.05, 3.63) is 40.6 Å². The van der Waals surface area contributed by atoms with Crippen LogP contribution in [0.4, 0.5) is 0 Å². The molecule has 1 aromatic carbocycles. The molecule has 2 heterocycles. The Labute approximate surface area is 112 Å². The third-order valence-electron chi connectivity index (χ3n) is 2.80. The number of hydrogen-bond acceptors (Lipinski definition) is 3. The summed E-state index contributed by atoms with van der Waals surface area (Å²) in [7, 11) is 1.92. The number of aromatic nitrogens is 2. The summed E-state index contributed by atoms with van der Waals surface area (Å²) in [6, 6.07) is 11.2. The summed E-state index contributed by atoms with van der Waals surface area (Å²) in [4.78, 5) is 4.50. The average molecular weight is 302 g/mol. The number of furan rings is 1. The second-order valence-electron chi connectivity index (χ2n) is 3.91. The minimum Gasteiger partial charge on any atom is -0.446 e. The first-order chi connectivity index (χ1) is 8.69. The fourth-order valence-electron chi connectivity index (χ4n) is 1.92. The average Bonchev–Trinajstić information content (AvgIpc) is 2.93. The third-order valence-corrected chi connectivity index (χ3v) is 3.23. The first-order valence-corrected chi connectivity index (χ1v) is 6.10. The standard InChI is InChI=1S/C13H8BrN3O/c1-17-10-3-2-8(7-15)6-9(10)16-13(17)11-4-5-12(14)18-11/h2-6H,1H3. The van der Waals surface area contributed by atoms with Crippen molar-refractivity contribution in [3.63, 3.8) is 0 Å². The summed E-state index contributed by atoms with van der Waals surface area (Å²) in [5.74, 6) is 1.44. The highest BCUT2D eigenvalue weighted by Gasteiger charge is 2.13. The van der Waals surface area contributed by atoms with Gasteiger partial charge in [0.15, 0.2) is 16.3 Å². The van der Waals surface area contributed by atoms with Gasteiger partial charge in [-0.3, -0.25) is 0 Å². The van der Waals surface area contributed by atoms with E-state index in [0.29, 0.717) is 16.0 Å². The predicted molar refractivity (Wildman–Crippen MR) is 70.8 cm³/mol. The van der Waals surface area contributed by atoms with Crippen LogP contribution in [0.3, 0.4) is 0 Å². The summed E-state index contributed by atoms with van der Waals surface area (Å²) in [5.41, 5.74) is 2.36. The highest BCUT2D eigenvalue weighted by molar-refractivity contribution is 9.10. The number of hydrogen-bond donors (Lipinski definition) is 0. The van der Waals surface area contributed by atoms with Gasteiger partial charge in [-0.05, 0) is 46.3 Å². The van der Waals surface area contributed by atoms with Crippen LogP contribution in [0.15, 0.2) is 39.4 Å². The Hall–Kier alpha value is -2.06. The summed E-state index contributed by atoms with van der Waals surface area (Å²) in [5, 5.41) is 8.88. The number of fused-ring (bicyclic) bond motifs is 1. The molecule has 4 nitrogen and oxygen atoms in total. The Bertz CT molecular complexity index is 779. The summed E-state index contributed by atoms with van der Waals surface area (Å²) >= 11 is 3.27. The maximum absolute atomic E-state index is 8.88. The van der Waals surface area contributed by atoms with Gasteiger partial charge in [0.1, 0.15) is 0 Å². The number of imidazole rings is 1. The Balaban J connectivity index is 2.26. The molecule has 5 heteroatoms. The number of nitriles is 1. The fourth-order valence-corrected chi connectivity index (χ4v) is 2.23. The van der Waals surface area contributed by atoms with Gasteiger partial charge in [-0.15, -0.1) is 0 Å². The lowest BCUT2D eigenvalue weighted by Gasteiger charge is -1.98. The van der Waals surface area contributed by atoms with Gasteiger partial charge in [0.25, 0.3) is 0 Å². The van der Waals surface area contributed by atoms with Crippen LogP contribution in [-0.2, 0) is 7.05 Å². The van der Waals surface area contributed by atoms with Crippen molar-refractivity contribution in [2.75, 3.05) is 0 Å². The zero-order valence-corrected chi connectivity index (χ0v) is 11.1. The molecular weight excluding hydrogens is 294 g/mol. The minimum atomic E-state index is 0.604. The van der Waals surface area contributed by atoms with Gasteiger partial charge >= 0.3 is 0 Å². The molecule has 0 saturated carbocycles. The van der Waals surface area contributed by atoms with Crippen LogP contribution in [-0.4, -0.2) is 9.55 Å².